The molecule has 0 saturated carbocycles. The van der Waals surface area contributed by atoms with Gasteiger partial charge >= 0.3 is 0 Å². The van der Waals surface area contributed by atoms with Crippen LogP contribution in [-0.4, -0.2) is 54.4 Å². The topological polar surface area (TPSA) is 49.9 Å². The Morgan fingerprint density at radius 3 is 2.42 bits per heavy atom. The SMILES string of the molecule is CN1CCCCN(C(=O)c2c(F)cccc2F)[C@H](Cc2ccccc2)COc2ccc(Cl)cc2C1=O. The summed E-state index contributed by atoms with van der Waals surface area (Å²) in [5.74, 6) is -2.42. The quantitative estimate of drug-likeness (QED) is 0.458. The van der Waals surface area contributed by atoms with Gasteiger partial charge in [-0.05, 0) is 55.2 Å². The lowest BCUT2D eigenvalue weighted by Crippen LogP contribution is -2.46. The van der Waals surface area contributed by atoms with Gasteiger partial charge in [-0.25, -0.2) is 8.78 Å². The van der Waals surface area contributed by atoms with Crippen LogP contribution in [0.1, 0.15) is 39.1 Å². The van der Waals surface area contributed by atoms with E-state index in [0.717, 1.165) is 17.7 Å². The molecule has 5 nitrogen and oxygen atoms in total. The molecule has 2 amide bonds. The van der Waals surface area contributed by atoms with E-state index in [-0.39, 0.29) is 19.1 Å². The molecule has 1 aliphatic rings. The van der Waals surface area contributed by atoms with Gasteiger partial charge in [0.25, 0.3) is 11.8 Å². The summed E-state index contributed by atoms with van der Waals surface area (Å²) in [6, 6.07) is 17.2. The third-order valence-electron chi connectivity index (χ3n) is 6.28. The maximum absolute atomic E-state index is 14.6. The van der Waals surface area contributed by atoms with Gasteiger partial charge in [0.05, 0.1) is 11.6 Å². The average molecular weight is 513 g/mol. The first kappa shape index (κ1) is 25.6. The highest BCUT2D eigenvalue weighted by Gasteiger charge is 2.30. The normalized spacial score (nSPS) is 17.0. The van der Waals surface area contributed by atoms with Gasteiger partial charge < -0.3 is 14.5 Å². The lowest BCUT2D eigenvalue weighted by atomic mass is 10.0. The number of halogens is 3. The highest BCUT2D eigenvalue weighted by atomic mass is 35.5. The fourth-order valence-electron chi connectivity index (χ4n) is 4.36. The summed E-state index contributed by atoms with van der Waals surface area (Å²) in [5, 5.41) is 0.402. The van der Waals surface area contributed by atoms with Gasteiger partial charge in [-0.2, -0.15) is 0 Å². The maximum Gasteiger partial charge on any atom is 0.260 e. The number of nitrogens with zero attached hydrogens (tertiary/aromatic N) is 2. The molecular formula is C28H27ClF2N2O3. The molecule has 3 aromatic carbocycles. The Balaban J connectivity index is 1.74. The van der Waals surface area contributed by atoms with E-state index in [1.165, 1.54) is 11.0 Å². The van der Waals surface area contributed by atoms with Crippen molar-refractivity contribution in [2.24, 2.45) is 0 Å². The summed E-state index contributed by atoms with van der Waals surface area (Å²) in [4.78, 5) is 29.7. The van der Waals surface area contributed by atoms with Crippen molar-refractivity contribution in [1.29, 1.82) is 0 Å². The minimum atomic E-state index is -0.907. The molecule has 3 aromatic rings. The summed E-state index contributed by atoms with van der Waals surface area (Å²) in [6.45, 7) is 0.704. The van der Waals surface area contributed by atoms with E-state index >= 15 is 0 Å². The fourth-order valence-corrected chi connectivity index (χ4v) is 4.53. The van der Waals surface area contributed by atoms with Gasteiger partial charge in [0, 0.05) is 25.2 Å². The number of carbonyl (C=O) groups excluding carboxylic acids is 2. The van der Waals surface area contributed by atoms with Crippen LogP contribution in [0.15, 0.2) is 66.7 Å². The second kappa shape index (κ2) is 11.5. The summed E-state index contributed by atoms with van der Waals surface area (Å²) in [5.41, 5.74) is 0.682. The molecule has 8 heteroatoms. The van der Waals surface area contributed by atoms with Crippen LogP contribution in [0, 0.1) is 11.6 Å². The number of hydrogen-bond acceptors (Lipinski definition) is 3. The average Bonchev–Trinajstić information content (AvgIpc) is 2.86. The second-order valence-corrected chi connectivity index (χ2v) is 9.26. The van der Waals surface area contributed by atoms with Crippen molar-refractivity contribution in [3.63, 3.8) is 0 Å². The third-order valence-corrected chi connectivity index (χ3v) is 6.52. The van der Waals surface area contributed by atoms with Crippen molar-refractivity contribution in [2.45, 2.75) is 25.3 Å². The molecule has 1 heterocycles. The van der Waals surface area contributed by atoms with Crippen LogP contribution in [0.4, 0.5) is 8.78 Å². The van der Waals surface area contributed by atoms with Crippen LogP contribution in [-0.2, 0) is 6.42 Å². The molecule has 0 spiro atoms. The highest BCUT2D eigenvalue weighted by molar-refractivity contribution is 6.31. The van der Waals surface area contributed by atoms with Crippen LogP contribution >= 0.6 is 11.6 Å². The minimum Gasteiger partial charge on any atom is -0.491 e. The maximum atomic E-state index is 14.6. The number of rotatable bonds is 3. The monoisotopic (exact) mass is 512 g/mol. The zero-order valence-electron chi connectivity index (χ0n) is 19.9. The smallest absolute Gasteiger partial charge is 0.260 e. The predicted octanol–water partition coefficient (Wildman–Crippen LogP) is 5.62. The van der Waals surface area contributed by atoms with E-state index in [4.69, 9.17) is 16.3 Å². The Hall–Kier alpha value is -3.45. The molecule has 4 rings (SSSR count). The Kier molecular flexibility index (Phi) is 8.21. The first-order valence-electron chi connectivity index (χ1n) is 11.8. The lowest BCUT2D eigenvalue weighted by molar-refractivity contribution is 0.0581. The summed E-state index contributed by atoms with van der Waals surface area (Å²) < 4.78 is 35.3. The predicted molar refractivity (Wildman–Crippen MR) is 134 cm³/mol. The Morgan fingerprint density at radius 1 is 1.00 bits per heavy atom. The van der Waals surface area contributed by atoms with Crippen LogP contribution < -0.4 is 4.74 Å². The second-order valence-electron chi connectivity index (χ2n) is 8.82. The molecule has 1 atom stereocenters. The van der Waals surface area contributed by atoms with E-state index in [1.54, 1.807) is 30.1 Å². The van der Waals surface area contributed by atoms with Gasteiger partial charge in [-0.3, -0.25) is 9.59 Å². The molecule has 0 fully saturated rings. The zero-order valence-corrected chi connectivity index (χ0v) is 20.7. The summed E-state index contributed by atoms with van der Waals surface area (Å²) >= 11 is 6.16. The van der Waals surface area contributed by atoms with Crippen LogP contribution in [0.5, 0.6) is 5.75 Å². The molecule has 0 saturated heterocycles. The van der Waals surface area contributed by atoms with Crippen molar-refractivity contribution in [2.75, 3.05) is 26.7 Å². The number of ether oxygens (including phenoxy) is 1. The third kappa shape index (κ3) is 5.85. The van der Waals surface area contributed by atoms with Gasteiger partial charge in [0.2, 0.25) is 0 Å². The summed E-state index contributed by atoms with van der Waals surface area (Å²) in [6.07, 6.45) is 1.53. The molecule has 0 aromatic heterocycles. The van der Waals surface area contributed by atoms with E-state index in [9.17, 15) is 18.4 Å². The molecule has 36 heavy (non-hydrogen) atoms. The van der Waals surface area contributed by atoms with Crippen molar-refractivity contribution in [1.82, 2.24) is 9.80 Å². The standard InChI is InChI=1S/C28H27ClF2N2O3/c1-32-14-5-6-15-33(28(35)26-23(30)10-7-11-24(26)31)21(16-19-8-3-2-4-9-19)18-36-25-13-12-20(29)17-22(25)27(32)34/h2-4,7-13,17,21H,5-6,14-16,18H2,1H3/t21-/m1/s1. The van der Waals surface area contributed by atoms with Gasteiger partial charge in [0.1, 0.15) is 29.6 Å². The fraction of sp³-hybridized carbons (Fsp3) is 0.286. The van der Waals surface area contributed by atoms with E-state index < -0.39 is 29.1 Å². The number of benzene rings is 3. The van der Waals surface area contributed by atoms with E-state index in [2.05, 4.69) is 0 Å². The largest absolute Gasteiger partial charge is 0.491 e. The highest BCUT2D eigenvalue weighted by Crippen LogP contribution is 2.27. The van der Waals surface area contributed by atoms with Crippen molar-refractivity contribution >= 4 is 23.4 Å². The number of fused-ring (bicyclic) bond motifs is 1. The van der Waals surface area contributed by atoms with E-state index in [0.29, 0.717) is 42.1 Å². The molecule has 0 aliphatic carbocycles. The zero-order chi connectivity index (χ0) is 25.7. The molecule has 0 N–H and O–H groups in total. The molecule has 0 radical (unpaired) electrons. The first-order valence-corrected chi connectivity index (χ1v) is 12.2. The van der Waals surface area contributed by atoms with Crippen LogP contribution in [0.3, 0.4) is 0 Å². The van der Waals surface area contributed by atoms with Crippen molar-refractivity contribution < 1.29 is 23.1 Å². The Bertz CT molecular complexity index is 1220. The molecule has 1 aliphatic heterocycles. The van der Waals surface area contributed by atoms with Crippen LogP contribution in [0.2, 0.25) is 5.02 Å². The molecular weight excluding hydrogens is 486 g/mol. The number of amides is 2. The minimum absolute atomic E-state index is 0.0162. The Morgan fingerprint density at radius 2 is 1.69 bits per heavy atom. The van der Waals surface area contributed by atoms with Gasteiger partial charge in [0.15, 0.2) is 0 Å². The Labute approximate surface area is 214 Å². The van der Waals surface area contributed by atoms with Gasteiger partial charge in [-0.15, -0.1) is 0 Å². The van der Waals surface area contributed by atoms with Crippen molar-refractivity contribution in [3.8, 4) is 5.75 Å². The first-order chi connectivity index (χ1) is 17.3. The van der Waals surface area contributed by atoms with E-state index in [1.807, 2.05) is 30.3 Å². The summed E-state index contributed by atoms with van der Waals surface area (Å²) in [7, 11) is 1.69. The number of carbonyl (C=O) groups is 2. The van der Waals surface area contributed by atoms with Gasteiger partial charge in [-0.1, -0.05) is 48.0 Å². The van der Waals surface area contributed by atoms with Crippen LogP contribution in [0.25, 0.3) is 0 Å². The molecule has 0 bridgehead atoms. The lowest BCUT2D eigenvalue weighted by Gasteiger charge is -2.33. The number of hydrogen-bond donors (Lipinski definition) is 0. The molecule has 188 valence electrons. The van der Waals surface area contributed by atoms with Crippen molar-refractivity contribution in [3.05, 3.63) is 100 Å². The molecule has 0 unspecified atom stereocenters.